The number of anilines is 1. The summed E-state index contributed by atoms with van der Waals surface area (Å²) in [7, 11) is 1.57. The summed E-state index contributed by atoms with van der Waals surface area (Å²) in [6.45, 7) is 1.95. The number of alkyl halides is 3. The highest BCUT2D eigenvalue weighted by molar-refractivity contribution is 6.04. The average Bonchev–Trinajstić information content (AvgIpc) is 3.23. The normalized spacial score (nSPS) is 11.3. The minimum absolute atomic E-state index is 0.104. The first-order chi connectivity index (χ1) is 15.7. The van der Waals surface area contributed by atoms with E-state index in [-0.39, 0.29) is 5.56 Å². The number of halogens is 3. The van der Waals surface area contributed by atoms with Crippen molar-refractivity contribution in [1.29, 1.82) is 0 Å². The number of nitrogens with zero attached hydrogens (tertiary/aromatic N) is 2. The van der Waals surface area contributed by atoms with Gasteiger partial charge in [0.25, 0.3) is 5.91 Å². The second-order valence-electron chi connectivity index (χ2n) is 7.42. The molecule has 4 rings (SSSR count). The van der Waals surface area contributed by atoms with Crippen molar-refractivity contribution in [1.82, 2.24) is 9.78 Å². The number of amides is 1. The molecule has 0 unspecified atom stereocenters. The first-order valence-corrected chi connectivity index (χ1v) is 10.0. The lowest BCUT2D eigenvalue weighted by Crippen LogP contribution is -2.16. The van der Waals surface area contributed by atoms with E-state index in [9.17, 15) is 18.0 Å². The molecule has 0 aliphatic carbocycles. The van der Waals surface area contributed by atoms with Crippen LogP contribution in [0.25, 0.3) is 16.9 Å². The third kappa shape index (κ3) is 4.90. The SMILES string of the molecule is COc1ccc(-c2cc(NC(=O)c3cccc(C(F)(F)F)c3)n(-c3ccc(C)cc3)n2)cc1. The molecule has 0 aliphatic rings. The summed E-state index contributed by atoms with van der Waals surface area (Å²) in [6, 6.07) is 20.7. The van der Waals surface area contributed by atoms with E-state index in [1.807, 2.05) is 43.3 Å². The number of ether oxygens (including phenoxy) is 1. The summed E-state index contributed by atoms with van der Waals surface area (Å²) in [5.74, 6) is 0.345. The molecule has 3 aromatic carbocycles. The van der Waals surface area contributed by atoms with Crippen LogP contribution in [0.2, 0.25) is 0 Å². The van der Waals surface area contributed by atoms with Crippen molar-refractivity contribution in [3.05, 3.63) is 95.6 Å². The second kappa shape index (κ2) is 8.82. The van der Waals surface area contributed by atoms with Gasteiger partial charge in [0.15, 0.2) is 0 Å². The van der Waals surface area contributed by atoms with E-state index in [0.717, 1.165) is 23.3 Å². The van der Waals surface area contributed by atoms with Gasteiger partial charge in [0.05, 0.1) is 24.1 Å². The van der Waals surface area contributed by atoms with Crippen LogP contribution in [0.3, 0.4) is 0 Å². The monoisotopic (exact) mass is 451 g/mol. The Bertz CT molecular complexity index is 1280. The van der Waals surface area contributed by atoms with Crippen molar-refractivity contribution < 1.29 is 22.7 Å². The fourth-order valence-corrected chi connectivity index (χ4v) is 3.28. The number of aromatic nitrogens is 2. The lowest BCUT2D eigenvalue weighted by molar-refractivity contribution is -0.137. The number of hydrogen-bond acceptors (Lipinski definition) is 3. The highest BCUT2D eigenvalue weighted by Crippen LogP contribution is 2.30. The molecule has 1 N–H and O–H groups in total. The zero-order valence-electron chi connectivity index (χ0n) is 17.9. The number of carbonyl (C=O) groups excluding carboxylic acids is 1. The predicted molar refractivity (Wildman–Crippen MR) is 120 cm³/mol. The number of benzene rings is 3. The summed E-state index contributed by atoms with van der Waals surface area (Å²) in [5, 5.41) is 7.32. The fraction of sp³-hybridized carbons (Fsp3) is 0.120. The number of methoxy groups -OCH3 is 1. The lowest BCUT2D eigenvalue weighted by atomic mass is 10.1. The van der Waals surface area contributed by atoms with Crippen LogP contribution in [0.15, 0.2) is 78.9 Å². The Labute approximate surface area is 188 Å². The van der Waals surface area contributed by atoms with Crippen LogP contribution in [0.1, 0.15) is 21.5 Å². The maximum atomic E-state index is 13.1. The van der Waals surface area contributed by atoms with Crippen LogP contribution >= 0.6 is 0 Å². The predicted octanol–water partition coefficient (Wildman–Crippen LogP) is 6.13. The molecule has 0 saturated carbocycles. The third-order valence-corrected chi connectivity index (χ3v) is 5.07. The van der Waals surface area contributed by atoms with Gasteiger partial charge in [-0.25, -0.2) is 4.68 Å². The topological polar surface area (TPSA) is 56.1 Å². The van der Waals surface area contributed by atoms with Crippen LogP contribution in [0.4, 0.5) is 19.0 Å². The third-order valence-electron chi connectivity index (χ3n) is 5.07. The first-order valence-electron chi connectivity index (χ1n) is 10.0. The van der Waals surface area contributed by atoms with Gasteiger partial charge in [-0.3, -0.25) is 4.79 Å². The maximum absolute atomic E-state index is 13.1. The van der Waals surface area contributed by atoms with E-state index in [1.165, 1.54) is 12.1 Å². The molecule has 33 heavy (non-hydrogen) atoms. The smallest absolute Gasteiger partial charge is 0.416 e. The number of rotatable bonds is 5. The van der Waals surface area contributed by atoms with E-state index in [4.69, 9.17) is 4.74 Å². The number of nitrogens with one attached hydrogen (secondary N) is 1. The second-order valence-corrected chi connectivity index (χ2v) is 7.42. The van der Waals surface area contributed by atoms with Crippen LogP contribution in [0.5, 0.6) is 5.75 Å². The quantitative estimate of drug-likeness (QED) is 0.397. The Balaban J connectivity index is 1.72. The van der Waals surface area contributed by atoms with Crippen molar-refractivity contribution in [2.45, 2.75) is 13.1 Å². The molecule has 5 nitrogen and oxygen atoms in total. The molecule has 0 radical (unpaired) electrons. The van der Waals surface area contributed by atoms with Gasteiger partial charge in [-0.15, -0.1) is 0 Å². The van der Waals surface area contributed by atoms with E-state index < -0.39 is 17.6 Å². The van der Waals surface area contributed by atoms with E-state index in [1.54, 1.807) is 30.0 Å². The zero-order valence-corrected chi connectivity index (χ0v) is 17.9. The Morgan fingerprint density at radius 2 is 1.67 bits per heavy atom. The maximum Gasteiger partial charge on any atom is 0.416 e. The summed E-state index contributed by atoms with van der Waals surface area (Å²) in [6.07, 6.45) is -4.54. The molecule has 0 spiro atoms. The zero-order chi connectivity index (χ0) is 23.6. The number of hydrogen-bond donors (Lipinski definition) is 1. The Hall–Kier alpha value is -4.07. The van der Waals surface area contributed by atoms with Crippen molar-refractivity contribution in [2.75, 3.05) is 12.4 Å². The van der Waals surface area contributed by atoms with Crippen molar-refractivity contribution >= 4 is 11.7 Å². The van der Waals surface area contributed by atoms with Gasteiger partial charge in [0, 0.05) is 17.2 Å². The molecular formula is C25H20F3N3O2. The minimum atomic E-state index is -4.54. The van der Waals surface area contributed by atoms with E-state index in [0.29, 0.717) is 22.9 Å². The molecule has 0 bridgehead atoms. The molecule has 0 fully saturated rings. The Morgan fingerprint density at radius 3 is 2.30 bits per heavy atom. The van der Waals surface area contributed by atoms with Gasteiger partial charge in [-0.2, -0.15) is 18.3 Å². The van der Waals surface area contributed by atoms with Crippen LogP contribution in [-0.2, 0) is 6.18 Å². The molecule has 168 valence electrons. The lowest BCUT2D eigenvalue weighted by Gasteiger charge is -2.11. The van der Waals surface area contributed by atoms with Crippen molar-refractivity contribution in [3.63, 3.8) is 0 Å². The number of carbonyl (C=O) groups is 1. The summed E-state index contributed by atoms with van der Waals surface area (Å²) < 4.78 is 45.9. The molecular weight excluding hydrogens is 431 g/mol. The highest BCUT2D eigenvalue weighted by Gasteiger charge is 2.31. The van der Waals surface area contributed by atoms with Crippen molar-refractivity contribution in [2.24, 2.45) is 0 Å². The van der Waals surface area contributed by atoms with Crippen LogP contribution in [0, 0.1) is 6.92 Å². The van der Waals surface area contributed by atoms with Crippen LogP contribution in [-0.4, -0.2) is 22.8 Å². The average molecular weight is 451 g/mol. The van der Waals surface area contributed by atoms with Crippen molar-refractivity contribution in [3.8, 4) is 22.7 Å². The molecule has 4 aromatic rings. The molecule has 0 aliphatic heterocycles. The van der Waals surface area contributed by atoms with Gasteiger partial charge in [-0.1, -0.05) is 23.8 Å². The molecule has 1 aromatic heterocycles. The Kier molecular flexibility index (Phi) is 5.91. The molecule has 1 heterocycles. The van der Waals surface area contributed by atoms with Gasteiger partial charge < -0.3 is 10.1 Å². The molecule has 8 heteroatoms. The standard InChI is InChI=1S/C25H20F3N3O2/c1-16-6-10-20(11-7-16)31-23(15-22(30-31)17-8-12-21(33-2)13-9-17)29-24(32)18-4-3-5-19(14-18)25(26,27)28/h3-15H,1-2H3,(H,29,32). The van der Waals surface area contributed by atoms with Gasteiger partial charge in [0.2, 0.25) is 0 Å². The van der Waals surface area contributed by atoms with Gasteiger partial charge >= 0.3 is 6.18 Å². The van der Waals surface area contributed by atoms with E-state index >= 15 is 0 Å². The Morgan fingerprint density at radius 1 is 0.970 bits per heavy atom. The number of aryl methyl sites for hydroxylation is 1. The summed E-state index contributed by atoms with van der Waals surface area (Å²) >= 11 is 0. The van der Waals surface area contributed by atoms with Gasteiger partial charge in [0.1, 0.15) is 11.6 Å². The fourth-order valence-electron chi connectivity index (χ4n) is 3.28. The summed E-state index contributed by atoms with van der Waals surface area (Å²) in [5.41, 5.74) is 2.12. The molecule has 0 saturated heterocycles. The molecule has 0 atom stereocenters. The van der Waals surface area contributed by atoms with Crippen LogP contribution < -0.4 is 10.1 Å². The highest BCUT2D eigenvalue weighted by atomic mass is 19.4. The summed E-state index contributed by atoms with van der Waals surface area (Å²) in [4.78, 5) is 12.8. The first kappa shape index (κ1) is 22.1. The van der Waals surface area contributed by atoms with Gasteiger partial charge in [-0.05, 0) is 61.5 Å². The largest absolute Gasteiger partial charge is 0.497 e. The van der Waals surface area contributed by atoms with E-state index in [2.05, 4.69) is 10.4 Å². The molecule has 1 amide bonds. The minimum Gasteiger partial charge on any atom is -0.497 e.